The van der Waals surface area contributed by atoms with Crippen LogP contribution < -0.4 is 10.2 Å². The number of nitriles is 1. The highest BCUT2D eigenvalue weighted by Gasteiger charge is 2.44. The maximum absolute atomic E-state index is 13.0. The zero-order chi connectivity index (χ0) is 26.4. The van der Waals surface area contributed by atoms with Crippen LogP contribution in [0.25, 0.3) is 11.3 Å². The Labute approximate surface area is 214 Å². The van der Waals surface area contributed by atoms with Gasteiger partial charge >= 0.3 is 6.09 Å². The molecule has 1 amide bonds. The van der Waals surface area contributed by atoms with Gasteiger partial charge in [-0.3, -0.25) is 9.58 Å². The van der Waals surface area contributed by atoms with E-state index < -0.39 is 17.1 Å². The van der Waals surface area contributed by atoms with Crippen LogP contribution in [0, 0.1) is 11.3 Å². The summed E-state index contributed by atoms with van der Waals surface area (Å²) in [6.45, 7) is 9.02. The molecule has 3 aromatic rings. The standard InChI is InChI=1S/C26H29N7O4/c1-25(2,3)37-24(35)32-14-26(4,15-34)19-10-16(9-17(12-27)22(19)32)20-5-6-28-23(29-20)30-21-11-18-13-36-8-7-33(18)31-21/h5-6,9-11,34H,7-8,13-15H2,1-4H3,(H,28,29,30,31). The topological polar surface area (TPSA) is 138 Å². The summed E-state index contributed by atoms with van der Waals surface area (Å²) in [7, 11) is 0. The molecule has 5 rings (SSSR count). The summed E-state index contributed by atoms with van der Waals surface area (Å²) in [5, 5.41) is 28.0. The zero-order valence-corrected chi connectivity index (χ0v) is 21.3. The number of amides is 1. The molecule has 1 aromatic carbocycles. The van der Waals surface area contributed by atoms with Crippen molar-refractivity contribution in [2.24, 2.45) is 0 Å². The molecular weight excluding hydrogens is 474 g/mol. The van der Waals surface area contributed by atoms with Crippen LogP contribution >= 0.6 is 0 Å². The first-order valence-electron chi connectivity index (χ1n) is 12.1. The number of carbonyl (C=O) groups excluding carboxylic acids is 1. The lowest BCUT2D eigenvalue weighted by Crippen LogP contribution is -2.40. The second-order valence-corrected chi connectivity index (χ2v) is 10.5. The summed E-state index contributed by atoms with van der Waals surface area (Å²) >= 11 is 0. The molecule has 2 aliphatic heterocycles. The van der Waals surface area contributed by atoms with Gasteiger partial charge in [0.05, 0.1) is 49.0 Å². The Hall–Kier alpha value is -4.01. The predicted octanol–water partition coefficient (Wildman–Crippen LogP) is 3.49. The molecule has 1 unspecified atom stereocenters. The smallest absolute Gasteiger partial charge is 0.414 e. The van der Waals surface area contributed by atoms with Gasteiger partial charge in [0.15, 0.2) is 5.82 Å². The molecule has 11 heteroatoms. The minimum Gasteiger partial charge on any atom is -0.443 e. The van der Waals surface area contributed by atoms with Gasteiger partial charge < -0.3 is 19.9 Å². The summed E-state index contributed by atoms with van der Waals surface area (Å²) in [6.07, 6.45) is 1.07. The highest BCUT2D eigenvalue weighted by Crippen LogP contribution is 2.45. The number of rotatable bonds is 4. The SMILES string of the molecule is CC(C)(C)OC(=O)N1CC(C)(CO)c2cc(-c3ccnc(Nc4cc5n(n4)CCOC5)n3)cc(C#N)c21. The lowest BCUT2D eigenvalue weighted by molar-refractivity contribution is 0.0575. The summed E-state index contributed by atoms with van der Waals surface area (Å²) in [5.41, 5.74) is 2.18. The van der Waals surface area contributed by atoms with Crippen LogP contribution in [-0.4, -0.2) is 56.3 Å². The quantitative estimate of drug-likeness (QED) is 0.548. The van der Waals surface area contributed by atoms with Crippen molar-refractivity contribution in [1.29, 1.82) is 5.26 Å². The maximum Gasteiger partial charge on any atom is 0.414 e. The number of fused-ring (bicyclic) bond motifs is 2. The van der Waals surface area contributed by atoms with E-state index in [1.165, 1.54) is 4.90 Å². The molecule has 1 atom stereocenters. The number of benzene rings is 1. The second kappa shape index (κ2) is 9.14. The zero-order valence-electron chi connectivity index (χ0n) is 21.3. The van der Waals surface area contributed by atoms with Gasteiger partial charge in [-0.2, -0.15) is 10.4 Å². The molecule has 0 bridgehead atoms. The van der Waals surface area contributed by atoms with Crippen molar-refractivity contribution >= 4 is 23.5 Å². The third-order valence-electron chi connectivity index (χ3n) is 6.37. The fourth-order valence-electron chi connectivity index (χ4n) is 4.59. The maximum atomic E-state index is 13.0. The average Bonchev–Trinajstić information content (AvgIpc) is 3.41. The van der Waals surface area contributed by atoms with Crippen molar-refractivity contribution < 1.29 is 19.4 Å². The van der Waals surface area contributed by atoms with E-state index in [0.29, 0.717) is 59.6 Å². The van der Waals surface area contributed by atoms with E-state index in [4.69, 9.17) is 9.47 Å². The summed E-state index contributed by atoms with van der Waals surface area (Å²) < 4.78 is 12.9. The molecule has 11 nitrogen and oxygen atoms in total. The minimum atomic E-state index is -0.778. The number of anilines is 3. The lowest BCUT2D eigenvalue weighted by Gasteiger charge is -2.26. The molecule has 0 saturated heterocycles. The van der Waals surface area contributed by atoms with Crippen LogP contribution in [-0.2, 0) is 28.0 Å². The lowest BCUT2D eigenvalue weighted by atomic mass is 9.83. The fourth-order valence-corrected chi connectivity index (χ4v) is 4.59. The van der Waals surface area contributed by atoms with Gasteiger partial charge in [0.1, 0.15) is 11.7 Å². The summed E-state index contributed by atoms with van der Waals surface area (Å²) in [4.78, 5) is 23.4. The van der Waals surface area contributed by atoms with E-state index >= 15 is 0 Å². The Bertz CT molecular complexity index is 1380. The molecule has 0 saturated carbocycles. The van der Waals surface area contributed by atoms with E-state index in [-0.39, 0.29) is 13.2 Å². The first kappa shape index (κ1) is 24.7. The summed E-state index contributed by atoms with van der Waals surface area (Å²) in [5.74, 6) is 0.971. The van der Waals surface area contributed by atoms with Crippen molar-refractivity contribution in [2.45, 2.75) is 51.9 Å². The molecule has 192 valence electrons. The van der Waals surface area contributed by atoms with E-state index in [0.717, 1.165) is 5.69 Å². The third kappa shape index (κ3) is 4.73. The van der Waals surface area contributed by atoms with E-state index in [1.54, 1.807) is 39.1 Å². The number of hydrogen-bond donors (Lipinski definition) is 2. The van der Waals surface area contributed by atoms with Crippen LogP contribution in [0.15, 0.2) is 30.5 Å². The van der Waals surface area contributed by atoms with Gasteiger partial charge in [0, 0.05) is 29.8 Å². The molecule has 2 aromatic heterocycles. The first-order valence-corrected chi connectivity index (χ1v) is 12.1. The molecule has 2 N–H and O–H groups in total. The van der Waals surface area contributed by atoms with Crippen molar-refractivity contribution in [2.75, 3.05) is 30.0 Å². The second-order valence-electron chi connectivity index (χ2n) is 10.5. The van der Waals surface area contributed by atoms with Crippen LogP contribution in [0.5, 0.6) is 0 Å². The largest absolute Gasteiger partial charge is 0.443 e. The van der Waals surface area contributed by atoms with Gasteiger partial charge in [0.25, 0.3) is 0 Å². The van der Waals surface area contributed by atoms with Crippen LogP contribution in [0.2, 0.25) is 0 Å². The molecular formula is C26H29N7O4. The molecule has 2 aliphatic rings. The van der Waals surface area contributed by atoms with Gasteiger partial charge in [-0.25, -0.2) is 14.8 Å². The highest BCUT2D eigenvalue weighted by molar-refractivity contribution is 5.95. The van der Waals surface area contributed by atoms with Crippen molar-refractivity contribution in [1.82, 2.24) is 19.7 Å². The van der Waals surface area contributed by atoms with E-state index in [9.17, 15) is 15.2 Å². The monoisotopic (exact) mass is 503 g/mol. The van der Waals surface area contributed by atoms with Crippen LogP contribution in [0.3, 0.4) is 0 Å². The molecule has 0 fully saturated rings. The normalized spacial score (nSPS) is 18.6. The Morgan fingerprint density at radius 2 is 2.16 bits per heavy atom. The number of carbonyl (C=O) groups is 1. The third-order valence-corrected chi connectivity index (χ3v) is 6.37. The number of aliphatic hydroxyl groups excluding tert-OH is 1. The van der Waals surface area contributed by atoms with Gasteiger partial charge in [-0.1, -0.05) is 6.92 Å². The molecule has 0 radical (unpaired) electrons. The number of nitrogens with one attached hydrogen (secondary N) is 1. The first-order chi connectivity index (χ1) is 17.6. The van der Waals surface area contributed by atoms with Gasteiger partial charge in [-0.05, 0) is 44.5 Å². The number of ether oxygens (including phenoxy) is 2. The van der Waals surface area contributed by atoms with Crippen molar-refractivity contribution in [3.05, 3.63) is 47.3 Å². The molecule has 37 heavy (non-hydrogen) atoms. The number of aliphatic hydroxyl groups is 1. The van der Waals surface area contributed by atoms with E-state index in [2.05, 4.69) is 26.5 Å². The van der Waals surface area contributed by atoms with Gasteiger partial charge in [-0.15, -0.1) is 0 Å². The Balaban J connectivity index is 1.51. The highest BCUT2D eigenvalue weighted by atomic mass is 16.6. The molecule has 0 aliphatic carbocycles. The van der Waals surface area contributed by atoms with E-state index in [1.807, 2.05) is 23.7 Å². The summed E-state index contributed by atoms with van der Waals surface area (Å²) in [6, 6.07) is 9.42. The number of aromatic nitrogens is 4. The Morgan fingerprint density at radius 1 is 1.35 bits per heavy atom. The fraction of sp³-hybridized carbons (Fsp3) is 0.423. The Morgan fingerprint density at radius 3 is 2.86 bits per heavy atom. The molecule has 0 spiro atoms. The number of hydrogen-bond acceptors (Lipinski definition) is 9. The van der Waals surface area contributed by atoms with Crippen LogP contribution in [0.4, 0.5) is 22.2 Å². The Kier molecular flexibility index (Phi) is 6.09. The van der Waals surface area contributed by atoms with Gasteiger partial charge in [0.2, 0.25) is 5.95 Å². The number of nitrogens with zero attached hydrogens (tertiary/aromatic N) is 6. The average molecular weight is 504 g/mol. The van der Waals surface area contributed by atoms with Crippen molar-refractivity contribution in [3.63, 3.8) is 0 Å². The minimum absolute atomic E-state index is 0.192. The molecule has 4 heterocycles. The van der Waals surface area contributed by atoms with Crippen molar-refractivity contribution in [3.8, 4) is 17.3 Å². The van der Waals surface area contributed by atoms with Crippen LogP contribution in [0.1, 0.15) is 44.5 Å². The predicted molar refractivity (Wildman–Crippen MR) is 135 cm³/mol.